The number of fused-ring (bicyclic) bond motifs is 1. The van der Waals surface area contributed by atoms with Gasteiger partial charge < -0.3 is 10.1 Å². The van der Waals surface area contributed by atoms with Gasteiger partial charge in [-0.25, -0.2) is 0 Å². The molecule has 4 heteroatoms. The van der Waals surface area contributed by atoms with Crippen LogP contribution in [0.25, 0.3) is 10.8 Å². The molecule has 0 aliphatic rings. The lowest BCUT2D eigenvalue weighted by molar-refractivity contribution is 0.481. The van der Waals surface area contributed by atoms with E-state index in [1.54, 1.807) is 6.20 Å². The summed E-state index contributed by atoms with van der Waals surface area (Å²) in [4.78, 5) is 4.28. The molecule has 0 saturated carbocycles. The lowest BCUT2D eigenvalue weighted by atomic mass is 10.1. The van der Waals surface area contributed by atoms with Crippen LogP contribution in [0.3, 0.4) is 0 Å². The average molecular weight is 343 g/mol. The van der Waals surface area contributed by atoms with Crippen molar-refractivity contribution in [1.29, 1.82) is 0 Å². The van der Waals surface area contributed by atoms with Crippen LogP contribution in [-0.2, 0) is 6.54 Å². The minimum Gasteiger partial charge on any atom is -0.457 e. The molecule has 0 saturated heterocycles. The van der Waals surface area contributed by atoms with Crippen molar-refractivity contribution in [2.24, 2.45) is 0 Å². The van der Waals surface area contributed by atoms with E-state index < -0.39 is 0 Å². The Bertz CT molecular complexity index is 774. The normalized spacial score (nSPS) is 10.8. The van der Waals surface area contributed by atoms with Crippen LogP contribution < -0.4 is 10.1 Å². The highest BCUT2D eigenvalue weighted by molar-refractivity contribution is 9.10. The van der Waals surface area contributed by atoms with Crippen LogP contribution in [0, 0.1) is 0 Å². The molecule has 1 aromatic heterocycles. The molecule has 0 atom stereocenters. The first kappa shape index (κ1) is 14.0. The fraction of sp³-hybridized carbons (Fsp3) is 0.118. The number of ether oxygens (including phenoxy) is 1. The largest absolute Gasteiger partial charge is 0.457 e. The Hall–Kier alpha value is -1.91. The predicted molar refractivity (Wildman–Crippen MR) is 88.7 cm³/mol. The molecule has 2 aromatic carbocycles. The van der Waals surface area contributed by atoms with Crippen LogP contribution in [0.4, 0.5) is 0 Å². The Kier molecular flexibility index (Phi) is 4.18. The minimum absolute atomic E-state index is 0.725. The number of benzene rings is 2. The van der Waals surface area contributed by atoms with E-state index in [0.717, 1.165) is 33.6 Å². The van der Waals surface area contributed by atoms with Gasteiger partial charge in [-0.2, -0.15) is 0 Å². The van der Waals surface area contributed by atoms with Crippen molar-refractivity contribution in [2.45, 2.75) is 6.54 Å². The summed E-state index contributed by atoms with van der Waals surface area (Å²) in [6.45, 7) is 0.725. The summed E-state index contributed by atoms with van der Waals surface area (Å²) < 4.78 is 7.00. The smallest absolute Gasteiger partial charge is 0.130 e. The SMILES string of the molecule is CNCc1cc(Oc2ccc3cc(Br)ccc3c2)ccn1. The van der Waals surface area contributed by atoms with Gasteiger partial charge in [0.1, 0.15) is 11.5 Å². The molecule has 0 bridgehead atoms. The van der Waals surface area contributed by atoms with E-state index >= 15 is 0 Å². The molecule has 3 nitrogen and oxygen atoms in total. The Balaban J connectivity index is 1.87. The van der Waals surface area contributed by atoms with Gasteiger partial charge in [-0.15, -0.1) is 0 Å². The third-order valence-corrected chi connectivity index (χ3v) is 3.65. The predicted octanol–water partition coefficient (Wildman–Crippen LogP) is 4.51. The maximum atomic E-state index is 5.92. The van der Waals surface area contributed by atoms with Gasteiger partial charge in [0, 0.05) is 23.3 Å². The molecule has 21 heavy (non-hydrogen) atoms. The first-order chi connectivity index (χ1) is 10.2. The van der Waals surface area contributed by atoms with Crippen molar-refractivity contribution in [2.75, 3.05) is 7.05 Å². The Morgan fingerprint density at radius 1 is 1.00 bits per heavy atom. The summed E-state index contributed by atoms with van der Waals surface area (Å²) in [6, 6.07) is 16.1. The summed E-state index contributed by atoms with van der Waals surface area (Å²) in [6.07, 6.45) is 1.76. The molecule has 0 spiro atoms. The van der Waals surface area contributed by atoms with E-state index in [-0.39, 0.29) is 0 Å². The lowest BCUT2D eigenvalue weighted by Crippen LogP contribution is -2.06. The molecule has 106 valence electrons. The van der Waals surface area contributed by atoms with Crippen LogP contribution in [0.1, 0.15) is 5.69 Å². The van der Waals surface area contributed by atoms with Crippen molar-refractivity contribution >= 4 is 26.7 Å². The highest BCUT2D eigenvalue weighted by Gasteiger charge is 2.02. The van der Waals surface area contributed by atoms with Gasteiger partial charge in [-0.3, -0.25) is 4.98 Å². The number of nitrogens with one attached hydrogen (secondary N) is 1. The molecule has 3 rings (SSSR count). The van der Waals surface area contributed by atoms with Crippen molar-refractivity contribution in [3.8, 4) is 11.5 Å². The first-order valence-corrected chi connectivity index (χ1v) is 7.50. The fourth-order valence-electron chi connectivity index (χ4n) is 2.19. The molecule has 0 aliphatic heterocycles. The summed E-state index contributed by atoms with van der Waals surface area (Å²) in [7, 11) is 1.90. The minimum atomic E-state index is 0.725. The van der Waals surface area contributed by atoms with Gasteiger partial charge in [0.25, 0.3) is 0 Å². The summed E-state index contributed by atoms with van der Waals surface area (Å²) >= 11 is 3.48. The number of rotatable bonds is 4. The Morgan fingerprint density at radius 2 is 1.76 bits per heavy atom. The lowest BCUT2D eigenvalue weighted by Gasteiger charge is -2.08. The zero-order valence-electron chi connectivity index (χ0n) is 11.6. The second-order valence-corrected chi connectivity index (χ2v) is 5.68. The zero-order valence-corrected chi connectivity index (χ0v) is 13.2. The quantitative estimate of drug-likeness (QED) is 0.757. The molecular formula is C17H15BrN2O. The van der Waals surface area contributed by atoms with Gasteiger partial charge in [0.15, 0.2) is 0 Å². The summed E-state index contributed by atoms with van der Waals surface area (Å²) in [5.74, 6) is 1.62. The number of halogens is 1. The topological polar surface area (TPSA) is 34.1 Å². The van der Waals surface area contributed by atoms with Crippen LogP contribution in [0.5, 0.6) is 11.5 Å². The fourth-order valence-corrected chi connectivity index (χ4v) is 2.57. The van der Waals surface area contributed by atoms with Gasteiger partial charge in [0.2, 0.25) is 0 Å². The number of hydrogen-bond donors (Lipinski definition) is 1. The van der Waals surface area contributed by atoms with Crippen molar-refractivity contribution in [3.63, 3.8) is 0 Å². The van der Waals surface area contributed by atoms with Crippen LogP contribution in [0.2, 0.25) is 0 Å². The molecule has 3 aromatic rings. The molecule has 0 unspecified atom stereocenters. The molecule has 0 fully saturated rings. The highest BCUT2D eigenvalue weighted by atomic mass is 79.9. The van der Waals surface area contributed by atoms with E-state index in [2.05, 4.69) is 44.4 Å². The number of nitrogens with zero attached hydrogens (tertiary/aromatic N) is 1. The van der Waals surface area contributed by atoms with Crippen LogP contribution in [-0.4, -0.2) is 12.0 Å². The van der Waals surface area contributed by atoms with Gasteiger partial charge in [-0.1, -0.05) is 28.1 Å². The molecule has 0 amide bonds. The number of aromatic nitrogens is 1. The van der Waals surface area contributed by atoms with Gasteiger partial charge >= 0.3 is 0 Å². The van der Waals surface area contributed by atoms with Crippen LogP contribution >= 0.6 is 15.9 Å². The molecule has 1 heterocycles. The molecule has 0 radical (unpaired) electrons. The number of pyridine rings is 1. The van der Waals surface area contributed by atoms with E-state index in [0.29, 0.717) is 0 Å². The second kappa shape index (κ2) is 6.24. The van der Waals surface area contributed by atoms with E-state index in [1.165, 1.54) is 5.39 Å². The first-order valence-electron chi connectivity index (χ1n) is 6.71. The van der Waals surface area contributed by atoms with Crippen molar-refractivity contribution in [1.82, 2.24) is 10.3 Å². The zero-order chi connectivity index (χ0) is 14.7. The summed E-state index contributed by atoms with van der Waals surface area (Å²) in [5, 5.41) is 5.42. The van der Waals surface area contributed by atoms with Crippen molar-refractivity contribution < 1.29 is 4.74 Å². The van der Waals surface area contributed by atoms with E-state index in [4.69, 9.17) is 4.74 Å². The maximum absolute atomic E-state index is 5.92. The van der Waals surface area contributed by atoms with Gasteiger partial charge in [0.05, 0.1) is 5.69 Å². The number of hydrogen-bond acceptors (Lipinski definition) is 3. The maximum Gasteiger partial charge on any atom is 0.130 e. The molecule has 0 aliphatic carbocycles. The van der Waals surface area contributed by atoms with Crippen molar-refractivity contribution in [3.05, 3.63) is 64.9 Å². The third kappa shape index (κ3) is 3.40. The summed E-state index contributed by atoms with van der Waals surface area (Å²) in [5.41, 5.74) is 0.958. The Morgan fingerprint density at radius 3 is 2.62 bits per heavy atom. The third-order valence-electron chi connectivity index (χ3n) is 3.16. The van der Waals surface area contributed by atoms with Gasteiger partial charge in [-0.05, 0) is 48.2 Å². The van der Waals surface area contributed by atoms with Crippen LogP contribution in [0.15, 0.2) is 59.2 Å². The van der Waals surface area contributed by atoms with E-state index in [9.17, 15) is 0 Å². The van der Waals surface area contributed by atoms with E-state index in [1.807, 2.05) is 37.4 Å². The Labute approximate surface area is 132 Å². The monoisotopic (exact) mass is 342 g/mol. The molecule has 1 N–H and O–H groups in total. The standard InChI is InChI=1S/C17H15BrN2O/c1-19-11-15-10-17(6-7-20-15)21-16-5-3-12-8-14(18)4-2-13(12)9-16/h2-10,19H,11H2,1H3. The molecular weight excluding hydrogens is 328 g/mol. The second-order valence-electron chi connectivity index (χ2n) is 4.77. The average Bonchev–Trinajstić information content (AvgIpc) is 2.48. The highest BCUT2D eigenvalue weighted by Crippen LogP contribution is 2.27.